The van der Waals surface area contributed by atoms with E-state index in [1.54, 1.807) is 11.3 Å². The van der Waals surface area contributed by atoms with Crippen LogP contribution in [-0.4, -0.2) is 6.29 Å². The van der Waals surface area contributed by atoms with Crippen LogP contribution in [0.2, 0.25) is 0 Å². The molecule has 0 unspecified atom stereocenters. The van der Waals surface area contributed by atoms with E-state index in [-0.39, 0.29) is 0 Å². The summed E-state index contributed by atoms with van der Waals surface area (Å²) >= 11 is 1.73. The van der Waals surface area contributed by atoms with Crippen molar-refractivity contribution < 1.29 is 4.79 Å². The van der Waals surface area contributed by atoms with E-state index in [2.05, 4.69) is 37.3 Å². The maximum Gasteiger partial charge on any atom is 0.150 e. The normalized spacial score (nSPS) is 10.7. The molecule has 3 rings (SSSR count). The second kappa shape index (κ2) is 4.39. The van der Waals surface area contributed by atoms with Crippen LogP contribution in [0.15, 0.2) is 48.5 Å². The minimum Gasteiger partial charge on any atom is -0.298 e. The van der Waals surface area contributed by atoms with Gasteiger partial charge < -0.3 is 0 Å². The van der Waals surface area contributed by atoms with Crippen molar-refractivity contribution in [3.8, 4) is 10.4 Å². The number of carbonyl (C=O) groups excluding carboxylic acids is 1. The van der Waals surface area contributed by atoms with Crippen LogP contribution >= 0.6 is 11.3 Å². The van der Waals surface area contributed by atoms with Crippen LogP contribution in [0.1, 0.15) is 15.9 Å². The molecule has 0 saturated carbocycles. The summed E-state index contributed by atoms with van der Waals surface area (Å²) in [6.45, 7) is 2.09. The third-order valence-electron chi connectivity index (χ3n) is 3.02. The Morgan fingerprint density at radius 3 is 2.50 bits per heavy atom. The zero-order valence-electron chi connectivity index (χ0n) is 10.0. The van der Waals surface area contributed by atoms with Gasteiger partial charge in [0.15, 0.2) is 0 Å². The highest BCUT2D eigenvalue weighted by molar-refractivity contribution is 7.22. The summed E-state index contributed by atoms with van der Waals surface area (Å²) in [7, 11) is 0. The zero-order valence-corrected chi connectivity index (χ0v) is 10.8. The van der Waals surface area contributed by atoms with E-state index in [1.807, 2.05) is 18.2 Å². The molecule has 3 aromatic rings. The fraction of sp³-hybridized carbons (Fsp3) is 0.0625. The van der Waals surface area contributed by atoms with E-state index < -0.39 is 0 Å². The van der Waals surface area contributed by atoms with Crippen molar-refractivity contribution in [2.75, 3.05) is 0 Å². The molecule has 18 heavy (non-hydrogen) atoms. The molecular weight excluding hydrogens is 240 g/mol. The van der Waals surface area contributed by atoms with Crippen LogP contribution in [-0.2, 0) is 0 Å². The molecule has 2 heteroatoms. The molecular formula is C16H12OS. The Morgan fingerprint density at radius 1 is 1.00 bits per heavy atom. The first kappa shape index (κ1) is 11.2. The molecule has 88 valence electrons. The van der Waals surface area contributed by atoms with Gasteiger partial charge in [0.25, 0.3) is 0 Å². The second-order valence-electron chi connectivity index (χ2n) is 4.39. The molecule has 0 aliphatic rings. The quantitative estimate of drug-likeness (QED) is 0.605. The van der Waals surface area contributed by atoms with E-state index >= 15 is 0 Å². The van der Waals surface area contributed by atoms with Crippen molar-refractivity contribution in [2.24, 2.45) is 0 Å². The van der Waals surface area contributed by atoms with Crippen LogP contribution in [0.25, 0.3) is 20.5 Å². The third-order valence-corrected chi connectivity index (χ3v) is 4.16. The van der Waals surface area contributed by atoms with Crippen molar-refractivity contribution in [3.05, 3.63) is 59.7 Å². The lowest BCUT2D eigenvalue weighted by Gasteiger charge is -1.96. The van der Waals surface area contributed by atoms with Crippen molar-refractivity contribution in [3.63, 3.8) is 0 Å². The number of hydrogen-bond donors (Lipinski definition) is 0. The number of carbonyl (C=O) groups is 1. The van der Waals surface area contributed by atoms with Gasteiger partial charge in [-0.2, -0.15) is 0 Å². The molecule has 0 bridgehead atoms. The predicted molar refractivity (Wildman–Crippen MR) is 77.4 cm³/mol. The average Bonchev–Trinajstić information content (AvgIpc) is 2.82. The third kappa shape index (κ3) is 1.95. The van der Waals surface area contributed by atoms with Crippen LogP contribution < -0.4 is 0 Å². The molecule has 0 radical (unpaired) electrons. The van der Waals surface area contributed by atoms with Gasteiger partial charge in [-0.05, 0) is 30.0 Å². The summed E-state index contributed by atoms with van der Waals surface area (Å²) in [5.74, 6) is 0. The largest absolute Gasteiger partial charge is 0.298 e. The van der Waals surface area contributed by atoms with Gasteiger partial charge >= 0.3 is 0 Å². The SMILES string of the molecule is Cc1ccc(-c2cc3ccc(C=O)cc3s2)cc1. The molecule has 0 aliphatic heterocycles. The molecule has 1 heterocycles. The van der Waals surface area contributed by atoms with Crippen molar-refractivity contribution in [1.82, 2.24) is 0 Å². The van der Waals surface area contributed by atoms with E-state index in [9.17, 15) is 4.79 Å². The molecule has 0 amide bonds. The fourth-order valence-corrected chi connectivity index (χ4v) is 3.10. The maximum absolute atomic E-state index is 10.8. The van der Waals surface area contributed by atoms with Gasteiger partial charge in [-0.15, -0.1) is 11.3 Å². The van der Waals surface area contributed by atoms with Gasteiger partial charge in [0.05, 0.1) is 0 Å². The lowest BCUT2D eigenvalue weighted by atomic mass is 10.1. The van der Waals surface area contributed by atoms with Crippen molar-refractivity contribution in [2.45, 2.75) is 6.92 Å². The Bertz CT molecular complexity index is 708. The number of thiophene rings is 1. The molecule has 0 spiro atoms. The molecule has 0 saturated heterocycles. The molecule has 0 aliphatic carbocycles. The Balaban J connectivity index is 2.12. The first-order valence-corrected chi connectivity index (χ1v) is 6.64. The summed E-state index contributed by atoms with van der Waals surface area (Å²) in [4.78, 5) is 12.0. The van der Waals surface area contributed by atoms with Gasteiger partial charge in [-0.25, -0.2) is 0 Å². The number of hydrogen-bond acceptors (Lipinski definition) is 2. The molecule has 0 atom stereocenters. The van der Waals surface area contributed by atoms with Crippen molar-refractivity contribution in [1.29, 1.82) is 0 Å². The average molecular weight is 252 g/mol. The lowest BCUT2D eigenvalue weighted by Crippen LogP contribution is -1.75. The molecule has 0 N–H and O–H groups in total. The Kier molecular flexibility index (Phi) is 2.73. The number of benzene rings is 2. The number of fused-ring (bicyclic) bond motifs is 1. The van der Waals surface area contributed by atoms with Gasteiger partial charge in [-0.3, -0.25) is 4.79 Å². The van der Waals surface area contributed by atoms with Crippen LogP contribution in [0.4, 0.5) is 0 Å². The Labute approximate surface area is 110 Å². The van der Waals surface area contributed by atoms with Gasteiger partial charge in [-0.1, -0.05) is 42.0 Å². The molecule has 1 aromatic heterocycles. The highest BCUT2D eigenvalue weighted by atomic mass is 32.1. The Hall–Kier alpha value is -1.93. The first-order valence-electron chi connectivity index (χ1n) is 5.82. The maximum atomic E-state index is 10.8. The van der Waals surface area contributed by atoms with E-state index in [4.69, 9.17) is 0 Å². The van der Waals surface area contributed by atoms with Crippen LogP contribution in [0, 0.1) is 6.92 Å². The Morgan fingerprint density at radius 2 is 1.78 bits per heavy atom. The molecule has 0 fully saturated rings. The second-order valence-corrected chi connectivity index (χ2v) is 5.48. The highest BCUT2D eigenvalue weighted by Gasteiger charge is 2.04. The number of aldehydes is 1. The lowest BCUT2D eigenvalue weighted by molar-refractivity contribution is 0.112. The number of aryl methyl sites for hydroxylation is 1. The topological polar surface area (TPSA) is 17.1 Å². The zero-order chi connectivity index (χ0) is 12.5. The van der Waals surface area contributed by atoms with E-state index in [1.165, 1.54) is 21.4 Å². The van der Waals surface area contributed by atoms with Gasteiger partial charge in [0.1, 0.15) is 6.29 Å². The van der Waals surface area contributed by atoms with Gasteiger partial charge in [0.2, 0.25) is 0 Å². The summed E-state index contributed by atoms with van der Waals surface area (Å²) < 4.78 is 1.16. The van der Waals surface area contributed by atoms with Crippen LogP contribution in [0.3, 0.4) is 0 Å². The minimum absolute atomic E-state index is 0.736. The van der Waals surface area contributed by atoms with E-state index in [0.717, 1.165) is 16.5 Å². The smallest absolute Gasteiger partial charge is 0.150 e. The minimum atomic E-state index is 0.736. The van der Waals surface area contributed by atoms with E-state index in [0.29, 0.717) is 0 Å². The molecule has 1 nitrogen and oxygen atoms in total. The number of rotatable bonds is 2. The fourth-order valence-electron chi connectivity index (χ4n) is 1.98. The summed E-state index contributed by atoms with van der Waals surface area (Å²) in [5, 5.41) is 1.20. The highest BCUT2D eigenvalue weighted by Crippen LogP contribution is 2.33. The monoisotopic (exact) mass is 252 g/mol. The molecule has 2 aromatic carbocycles. The standard InChI is InChI=1S/C16H12OS/c1-11-2-5-13(6-3-11)16-9-14-7-4-12(10-17)8-15(14)18-16/h2-10H,1H3. The summed E-state index contributed by atoms with van der Waals surface area (Å²) in [5.41, 5.74) is 3.23. The summed E-state index contributed by atoms with van der Waals surface area (Å²) in [6, 6.07) is 16.5. The van der Waals surface area contributed by atoms with Crippen molar-refractivity contribution >= 4 is 27.7 Å². The van der Waals surface area contributed by atoms with Crippen LogP contribution in [0.5, 0.6) is 0 Å². The summed E-state index contributed by atoms with van der Waals surface area (Å²) in [6.07, 6.45) is 0.894. The first-order chi connectivity index (χ1) is 8.76. The predicted octanol–water partition coefficient (Wildman–Crippen LogP) is 4.69. The van der Waals surface area contributed by atoms with Gasteiger partial charge in [0, 0.05) is 15.1 Å².